The van der Waals surface area contributed by atoms with Crippen LogP contribution in [0, 0.1) is 0 Å². The number of likely N-dealkylation sites (N-methyl/N-ethyl adjacent to an activating group) is 1. The van der Waals surface area contributed by atoms with Gasteiger partial charge in [-0.2, -0.15) is 0 Å². The van der Waals surface area contributed by atoms with Gasteiger partial charge in [-0.1, -0.05) is 30.3 Å². The van der Waals surface area contributed by atoms with Gasteiger partial charge in [-0.25, -0.2) is 0 Å². The van der Waals surface area contributed by atoms with Crippen LogP contribution in [0.4, 0.5) is 0 Å². The van der Waals surface area contributed by atoms with E-state index in [4.69, 9.17) is 4.74 Å². The molecule has 1 N–H and O–H groups in total. The van der Waals surface area contributed by atoms with Crippen LogP contribution in [0.5, 0.6) is 5.75 Å². The van der Waals surface area contributed by atoms with Gasteiger partial charge in [0.15, 0.2) is 0 Å². The third-order valence-corrected chi connectivity index (χ3v) is 4.69. The van der Waals surface area contributed by atoms with E-state index in [0.29, 0.717) is 6.61 Å². The van der Waals surface area contributed by atoms with Crippen molar-refractivity contribution in [2.75, 3.05) is 7.05 Å². The maximum absolute atomic E-state index is 12.3. The minimum atomic E-state index is -0.421. The lowest BCUT2D eigenvalue weighted by molar-refractivity contribution is -0.137. The first-order valence-corrected chi connectivity index (χ1v) is 8.21. The van der Waals surface area contributed by atoms with Crippen LogP contribution in [-0.4, -0.2) is 28.7 Å². The molecule has 1 aliphatic heterocycles. The molecule has 5 nitrogen and oxygen atoms in total. The monoisotopic (exact) mass is 334 g/mol. The topological polar surface area (TPSA) is 62.4 Å². The van der Waals surface area contributed by atoms with Crippen molar-refractivity contribution in [3.63, 3.8) is 0 Å². The Kier molecular flexibility index (Phi) is 3.76. The second-order valence-electron chi connectivity index (χ2n) is 6.27. The van der Waals surface area contributed by atoms with Crippen LogP contribution in [0.25, 0.3) is 10.9 Å². The number of nitrogens with one attached hydrogen (secondary N) is 1. The normalized spacial score (nSPS) is 17.5. The summed E-state index contributed by atoms with van der Waals surface area (Å²) in [4.78, 5) is 28.5. The van der Waals surface area contributed by atoms with Crippen molar-refractivity contribution in [3.8, 4) is 5.75 Å². The molecular formula is C20H18N2O3. The van der Waals surface area contributed by atoms with Crippen LogP contribution in [0.1, 0.15) is 23.5 Å². The highest BCUT2D eigenvalue weighted by Crippen LogP contribution is 2.35. The predicted molar refractivity (Wildman–Crippen MR) is 94.2 cm³/mol. The smallest absolute Gasteiger partial charge is 0.237 e. The molecule has 5 heteroatoms. The summed E-state index contributed by atoms with van der Waals surface area (Å²) in [7, 11) is 1.54. The maximum atomic E-state index is 12.3. The van der Waals surface area contributed by atoms with E-state index in [1.165, 1.54) is 11.9 Å². The lowest BCUT2D eigenvalue weighted by atomic mass is 9.97. The Labute approximate surface area is 145 Å². The lowest BCUT2D eigenvalue weighted by Crippen LogP contribution is -2.25. The van der Waals surface area contributed by atoms with Gasteiger partial charge in [0.25, 0.3) is 0 Å². The van der Waals surface area contributed by atoms with Gasteiger partial charge in [-0.15, -0.1) is 0 Å². The number of hydrogen-bond acceptors (Lipinski definition) is 3. The Bertz CT molecular complexity index is 946. The van der Waals surface area contributed by atoms with Crippen LogP contribution in [0.2, 0.25) is 0 Å². The molecule has 1 aliphatic rings. The van der Waals surface area contributed by atoms with Gasteiger partial charge >= 0.3 is 0 Å². The summed E-state index contributed by atoms with van der Waals surface area (Å²) in [5, 5.41) is 0.923. The summed E-state index contributed by atoms with van der Waals surface area (Å²) >= 11 is 0. The van der Waals surface area contributed by atoms with Gasteiger partial charge < -0.3 is 9.72 Å². The number of likely N-dealkylation sites (tertiary alicyclic amines) is 1. The van der Waals surface area contributed by atoms with Crippen LogP contribution in [0.3, 0.4) is 0 Å². The van der Waals surface area contributed by atoms with Crippen molar-refractivity contribution < 1.29 is 14.3 Å². The molecule has 2 aromatic carbocycles. The number of ether oxygens (including phenoxy) is 1. The minimum absolute atomic E-state index is 0.138. The van der Waals surface area contributed by atoms with E-state index in [1.54, 1.807) is 0 Å². The van der Waals surface area contributed by atoms with E-state index in [-0.39, 0.29) is 18.2 Å². The number of H-pyrrole nitrogens is 1. The first-order valence-electron chi connectivity index (χ1n) is 8.21. The van der Waals surface area contributed by atoms with E-state index >= 15 is 0 Å². The van der Waals surface area contributed by atoms with Gasteiger partial charge in [0.2, 0.25) is 11.8 Å². The predicted octanol–water partition coefficient (Wildman–Crippen LogP) is 3.22. The van der Waals surface area contributed by atoms with Crippen molar-refractivity contribution in [1.29, 1.82) is 0 Å². The SMILES string of the molecule is CN1C(=O)CC(c2c[nH]c3ccc(OCc4ccccc4)cc23)C1=O. The maximum Gasteiger partial charge on any atom is 0.237 e. The Morgan fingerprint density at radius 2 is 1.96 bits per heavy atom. The fourth-order valence-corrected chi connectivity index (χ4v) is 3.24. The van der Waals surface area contributed by atoms with Crippen molar-refractivity contribution in [3.05, 3.63) is 65.9 Å². The average Bonchev–Trinajstić information content (AvgIpc) is 3.16. The molecule has 0 bridgehead atoms. The largest absolute Gasteiger partial charge is 0.489 e. The lowest BCUT2D eigenvalue weighted by Gasteiger charge is -2.09. The molecule has 1 unspecified atom stereocenters. The summed E-state index contributed by atoms with van der Waals surface area (Å²) in [6, 6.07) is 15.7. The molecule has 0 spiro atoms. The van der Waals surface area contributed by atoms with Gasteiger partial charge in [-0.3, -0.25) is 14.5 Å². The highest BCUT2D eigenvalue weighted by Gasteiger charge is 2.38. The van der Waals surface area contributed by atoms with Gasteiger partial charge in [0.05, 0.1) is 5.92 Å². The Morgan fingerprint density at radius 1 is 1.16 bits per heavy atom. The molecule has 0 saturated carbocycles. The van der Waals surface area contributed by atoms with Crippen molar-refractivity contribution >= 4 is 22.7 Å². The first kappa shape index (κ1) is 15.4. The zero-order valence-electron chi connectivity index (χ0n) is 13.9. The molecule has 4 rings (SSSR count). The molecule has 2 amide bonds. The number of amides is 2. The fraction of sp³-hybridized carbons (Fsp3) is 0.200. The van der Waals surface area contributed by atoms with Crippen LogP contribution in [-0.2, 0) is 16.2 Å². The number of carbonyl (C=O) groups is 2. The second-order valence-corrected chi connectivity index (χ2v) is 6.27. The highest BCUT2D eigenvalue weighted by molar-refractivity contribution is 6.07. The standard InChI is InChI=1S/C20H18N2O3/c1-22-19(23)10-16(20(22)24)17-11-21-18-8-7-14(9-15(17)18)25-12-13-5-3-2-4-6-13/h2-9,11,16,21H,10,12H2,1H3. The van der Waals surface area contributed by atoms with Gasteiger partial charge in [0.1, 0.15) is 12.4 Å². The number of carbonyl (C=O) groups excluding carboxylic acids is 2. The average molecular weight is 334 g/mol. The molecule has 1 aromatic heterocycles. The Hall–Kier alpha value is -3.08. The summed E-state index contributed by atoms with van der Waals surface area (Å²) in [5.74, 6) is 0.0280. The fourth-order valence-electron chi connectivity index (χ4n) is 3.24. The highest BCUT2D eigenvalue weighted by atomic mass is 16.5. The second kappa shape index (κ2) is 6.09. The Balaban J connectivity index is 1.62. The molecule has 2 heterocycles. The van der Waals surface area contributed by atoms with Crippen molar-refractivity contribution in [1.82, 2.24) is 9.88 Å². The molecule has 0 radical (unpaired) electrons. The number of benzene rings is 2. The summed E-state index contributed by atoms with van der Waals surface area (Å²) < 4.78 is 5.88. The number of hydrogen-bond donors (Lipinski definition) is 1. The Morgan fingerprint density at radius 3 is 2.68 bits per heavy atom. The van der Waals surface area contributed by atoms with Crippen molar-refractivity contribution in [2.24, 2.45) is 0 Å². The van der Waals surface area contributed by atoms with E-state index in [1.807, 2.05) is 54.7 Å². The molecular weight excluding hydrogens is 316 g/mol. The first-order chi connectivity index (χ1) is 12.1. The zero-order valence-corrected chi connectivity index (χ0v) is 13.9. The third kappa shape index (κ3) is 2.78. The summed E-state index contributed by atoms with van der Waals surface area (Å²) in [6.07, 6.45) is 2.04. The van der Waals surface area contributed by atoms with E-state index in [2.05, 4.69) is 4.98 Å². The van der Waals surface area contributed by atoms with Crippen LogP contribution >= 0.6 is 0 Å². The third-order valence-electron chi connectivity index (χ3n) is 4.69. The molecule has 1 saturated heterocycles. The van der Waals surface area contributed by atoms with E-state index < -0.39 is 5.92 Å². The zero-order chi connectivity index (χ0) is 17.4. The van der Waals surface area contributed by atoms with E-state index in [0.717, 1.165) is 27.8 Å². The molecule has 1 fully saturated rings. The quantitative estimate of drug-likeness (QED) is 0.745. The molecule has 126 valence electrons. The number of aromatic amines is 1. The van der Waals surface area contributed by atoms with Gasteiger partial charge in [-0.05, 0) is 29.3 Å². The minimum Gasteiger partial charge on any atom is -0.489 e. The van der Waals surface area contributed by atoms with E-state index in [9.17, 15) is 9.59 Å². The number of nitrogens with zero attached hydrogens (tertiary/aromatic N) is 1. The van der Waals surface area contributed by atoms with Crippen LogP contribution < -0.4 is 4.74 Å². The number of fused-ring (bicyclic) bond motifs is 1. The number of imide groups is 1. The molecule has 1 atom stereocenters. The number of aromatic nitrogens is 1. The van der Waals surface area contributed by atoms with Crippen molar-refractivity contribution in [2.45, 2.75) is 18.9 Å². The van der Waals surface area contributed by atoms with Gasteiger partial charge in [0, 0.05) is 30.6 Å². The van der Waals surface area contributed by atoms with Crippen LogP contribution in [0.15, 0.2) is 54.7 Å². The summed E-state index contributed by atoms with van der Waals surface area (Å²) in [5.41, 5.74) is 2.87. The molecule has 25 heavy (non-hydrogen) atoms. The number of rotatable bonds is 4. The summed E-state index contributed by atoms with van der Waals surface area (Å²) in [6.45, 7) is 0.482. The molecule has 3 aromatic rings. The molecule has 0 aliphatic carbocycles.